The van der Waals surface area contributed by atoms with Gasteiger partial charge in [-0.2, -0.15) is 0 Å². The molecule has 3 rings (SSSR count). The van der Waals surface area contributed by atoms with Crippen molar-refractivity contribution in [3.63, 3.8) is 0 Å². The van der Waals surface area contributed by atoms with Crippen molar-refractivity contribution in [1.82, 2.24) is 20.2 Å². The minimum atomic E-state index is 0.127. The van der Waals surface area contributed by atoms with E-state index >= 15 is 0 Å². The molecule has 0 spiro atoms. The Bertz CT molecular complexity index is 603. The maximum Gasteiger partial charge on any atom is 0.0890 e. The van der Waals surface area contributed by atoms with Crippen LogP contribution in [-0.2, 0) is 6.54 Å². The third-order valence-corrected chi connectivity index (χ3v) is 4.12. The van der Waals surface area contributed by atoms with Crippen LogP contribution in [0.25, 0.3) is 11.0 Å². The lowest BCUT2D eigenvalue weighted by Gasteiger charge is -2.31. The zero-order valence-electron chi connectivity index (χ0n) is 13.0. The van der Waals surface area contributed by atoms with Gasteiger partial charge < -0.3 is 10.2 Å². The largest absolute Gasteiger partial charge is 0.306 e. The second-order valence-electron chi connectivity index (χ2n) is 6.60. The van der Waals surface area contributed by atoms with Crippen LogP contribution in [0, 0.1) is 0 Å². The highest BCUT2D eigenvalue weighted by atomic mass is 15.2. The number of hydrogen-bond acceptors (Lipinski definition) is 4. The zero-order valence-corrected chi connectivity index (χ0v) is 13.0. The predicted molar refractivity (Wildman–Crippen MR) is 86.1 cm³/mol. The van der Waals surface area contributed by atoms with E-state index in [1.807, 2.05) is 6.07 Å². The van der Waals surface area contributed by atoms with Gasteiger partial charge in [0.1, 0.15) is 0 Å². The molecule has 4 heteroatoms. The number of nitrogens with zero attached hydrogens (tertiary/aromatic N) is 3. The molecule has 21 heavy (non-hydrogen) atoms. The lowest BCUT2D eigenvalue weighted by molar-refractivity contribution is 0.234. The molecule has 112 valence electrons. The molecule has 0 atom stereocenters. The number of likely N-dealkylation sites (tertiary alicyclic amines) is 1. The first kappa shape index (κ1) is 14.4. The van der Waals surface area contributed by atoms with E-state index in [1.165, 1.54) is 31.5 Å². The highest BCUT2D eigenvalue weighted by molar-refractivity contribution is 5.74. The van der Waals surface area contributed by atoms with E-state index in [-0.39, 0.29) is 5.54 Å². The predicted octanol–water partition coefficient (Wildman–Crippen LogP) is 2.59. The van der Waals surface area contributed by atoms with Gasteiger partial charge in [-0.25, -0.2) is 0 Å². The smallest absolute Gasteiger partial charge is 0.0890 e. The van der Waals surface area contributed by atoms with Crippen LogP contribution in [0.5, 0.6) is 0 Å². The number of rotatable bonds is 5. The van der Waals surface area contributed by atoms with Crippen LogP contribution in [0.2, 0.25) is 0 Å². The normalized spacial score (nSPS) is 16.7. The van der Waals surface area contributed by atoms with Gasteiger partial charge in [-0.05, 0) is 57.5 Å². The number of nitrogens with one attached hydrogen (secondary N) is 1. The fourth-order valence-corrected chi connectivity index (χ4v) is 3.02. The summed E-state index contributed by atoms with van der Waals surface area (Å²) in [6.45, 7) is 9.04. The van der Waals surface area contributed by atoms with Crippen molar-refractivity contribution in [2.24, 2.45) is 0 Å². The van der Waals surface area contributed by atoms with Crippen molar-refractivity contribution in [2.75, 3.05) is 19.6 Å². The fourth-order valence-electron chi connectivity index (χ4n) is 3.02. The third kappa shape index (κ3) is 3.77. The van der Waals surface area contributed by atoms with Crippen molar-refractivity contribution in [3.05, 3.63) is 36.2 Å². The Balaban J connectivity index is 1.62. The Kier molecular flexibility index (Phi) is 4.17. The summed E-state index contributed by atoms with van der Waals surface area (Å²) in [5, 5.41) is 3.68. The summed E-state index contributed by atoms with van der Waals surface area (Å²) in [4.78, 5) is 11.2. The summed E-state index contributed by atoms with van der Waals surface area (Å²) in [6, 6.07) is 6.31. The summed E-state index contributed by atoms with van der Waals surface area (Å²) in [7, 11) is 0. The van der Waals surface area contributed by atoms with Gasteiger partial charge in [-0.1, -0.05) is 6.07 Å². The van der Waals surface area contributed by atoms with E-state index < -0.39 is 0 Å². The van der Waals surface area contributed by atoms with Crippen molar-refractivity contribution < 1.29 is 0 Å². The SMILES string of the molecule is CC(C)(CN1CCCC1)NCc1ccc2nccnc2c1. The monoisotopic (exact) mass is 284 g/mol. The van der Waals surface area contributed by atoms with E-state index in [2.05, 4.69) is 46.2 Å². The second-order valence-corrected chi connectivity index (χ2v) is 6.60. The molecule has 0 amide bonds. The van der Waals surface area contributed by atoms with Gasteiger partial charge in [-0.15, -0.1) is 0 Å². The van der Waals surface area contributed by atoms with Crippen molar-refractivity contribution in [1.29, 1.82) is 0 Å². The van der Waals surface area contributed by atoms with Gasteiger partial charge in [0.15, 0.2) is 0 Å². The van der Waals surface area contributed by atoms with Crippen LogP contribution >= 0.6 is 0 Å². The molecule has 4 nitrogen and oxygen atoms in total. The maximum absolute atomic E-state index is 4.37. The van der Waals surface area contributed by atoms with Crippen molar-refractivity contribution in [3.8, 4) is 0 Å². The number of fused-ring (bicyclic) bond motifs is 1. The Hall–Kier alpha value is -1.52. The summed E-state index contributed by atoms with van der Waals surface area (Å²) >= 11 is 0. The zero-order chi connectivity index (χ0) is 14.7. The van der Waals surface area contributed by atoms with Gasteiger partial charge >= 0.3 is 0 Å². The molecule has 0 unspecified atom stereocenters. The molecule has 1 fully saturated rings. The molecule has 0 aliphatic carbocycles. The van der Waals surface area contributed by atoms with E-state index in [1.54, 1.807) is 12.4 Å². The first-order valence-corrected chi connectivity index (χ1v) is 7.79. The van der Waals surface area contributed by atoms with Crippen molar-refractivity contribution in [2.45, 2.75) is 38.8 Å². The molecular weight excluding hydrogens is 260 g/mol. The molecule has 1 aromatic heterocycles. The minimum Gasteiger partial charge on any atom is -0.306 e. The van der Waals surface area contributed by atoms with Gasteiger partial charge in [0.2, 0.25) is 0 Å². The van der Waals surface area contributed by atoms with Gasteiger partial charge in [-0.3, -0.25) is 9.97 Å². The maximum atomic E-state index is 4.37. The van der Waals surface area contributed by atoms with Crippen molar-refractivity contribution >= 4 is 11.0 Å². The summed E-state index contributed by atoms with van der Waals surface area (Å²) in [5.41, 5.74) is 3.31. The van der Waals surface area contributed by atoms with Gasteiger partial charge in [0.25, 0.3) is 0 Å². The molecule has 1 saturated heterocycles. The molecule has 0 radical (unpaired) electrons. The topological polar surface area (TPSA) is 41.0 Å². The quantitative estimate of drug-likeness (QED) is 0.916. The van der Waals surface area contributed by atoms with Crippen LogP contribution in [-0.4, -0.2) is 40.0 Å². The van der Waals surface area contributed by atoms with Crippen LogP contribution in [0.4, 0.5) is 0 Å². The Morgan fingerprint density at radius 2 is 1.81 bits per heavy atom. The molecule has 1 aliphatic rings. The number of aromatic nitrogens is 2. The number of benzene rings is 1. The lowest BCUT2D eigenvalue weighted by atomic mass is 10.0. The molecule has 1 aliphatic heterocycles. The van der Waals surface area contributed by atoms with Crippen LogP contribution < -0.4 is 5.32 Å². The molecule has 0 saturated carbocycles. The lowest BCUT2D eigenvalue weighted by Crippen LogP contribution is -2.48. The standard InChI is InChI=1S/C17H24N4/c1-17(2,13-21-9-3-4-10-21)20-12-14-5-6-15-16(11-14)19-8-7-18-15/h5-8,11,20H,3-4,9-10,12-13H2,1-2H3. The van der Waals surface area contributed by atoms with Gasteiger partial charge in [0.05, 0.1) is 11.0 Å². The average molecular weight is 284 g/mol. The second kappa shape index (κ2) is 6.08. The van der Waals surface area contributed by atoms with E-state index in [0.29, 0.717) is 0 Å². The average Bonchev–Trinajstić information content (AvgIpc) is 2.97. The van der Waals surface area contributed by atoms with Gasteiger partial charge in [0, 0.05) is 31.0 Å². The minimum absolute atomic E-state index is 0.127. The third-order valence-electron chi connectivity index (χ3n) is 4.12. The Morgan fingerprint density at radius 1 is 1.10 bits per heavy atom. The molecule has 2 aromatic rings. The highest BCUT2D eigenvalue weighted by Gasteiger charge is 2.23. The first-order valence-electron chi connectivity index (χ1n) is 7.79. The molecule has 0 bridgehead atoms. The number of hydrogen-bond donors (Lipinski definition) is 1. The summed E-state index contributed by atoms with van der Waals surface area (Å²) in [6.07, 6.45) is 6.18. The molecule has 1 N–H and O–H groups in total. The summed E-state index contributed by atoms with van der Waals surface area (Å²) < 4.78 is 0. The van der Waals surface area contributed by atoms with E-state index in [4.69, 9.17) is 0 Å². The Labute approximate surface area is 126 Å². The van der Waals surface area contributed by atoms with E-state index in [9.17, 15) is 0 Å². The Morgan fingerprint density at radius 3 is 2.57 bits per heavy atom. The van der Waals surface area contributed by atoms with Crippen LogP contribution in [0.15, 0.2) is 30.6 Å². The van der Waals surface area contributed by atoms with Crippen LogP contribution in [0.3, 0.4) is 0 Å². The molecule has 1 aromatic carbocycles. The molecular formula is C17H24N4. The fraction of sp³-hybridized carbons (Fsp3) is 0.529. The van der Waals surface area contributed by atoms with E-state index in [0.717, 1.165) is 24.1 Å². The highest BCUT2D eigenvalue weighted by Crippen LogP contribution is 2.15. The summed E-state index contributed by atoms with van der Waals surface area (Å²) in [5.74, 6) is 0. The molecule has 2 heterocycles. The first-order chi connectivity index (χ1) is 10.1. The van der Waals surface area contributed by atoms with Crippen LogP contribution in [0.1, 0.15) is 32.3 Å².